The summed E-state index contributed by atoms with van der Waals surface area (Å²) in [5, 5.41) is 0. The van der Waals surface area contributed by atoms with E-state index < -0.39 is 5.60 Å². The summed E-state index contributed by atoms with van der Waals surface area (Å²) in [6, 6.07) is 0. The van der Waals surface area contributed by atoms with Crippen molar-refractivity contribution in [2.24, 2.45) is 5.92 Å². The van der Waals surface area contributed by atoms with Crippen LogP contribution in [0.1, 0.15) is 63.8 Å². The fraction of sp³-hybridized carbons (Fsp3) is 0.667. The molecule has 0 atom stereocenters. The zero-order valence-electron chi connectivity index (χ0n) is 17.7. The molecule has 0 N–H and O–H groups in total. The summed E-state index contributed by atoms with van der Waals surface area (Å²) in [4.78, 5) is 33.0. The molecule has 0 unspecified atom stereocenters. The van der Waals surface area contributed by atoms with E-state index in [2.05, 4.69) is 18.8 Å². The van der Waals surface area contributed by atoms with Crippen LogP contribution >= 0.6 is 0 Å². The highest BCUT2D eigenvalue weighted by Gasteiger charge is 2.30. The standard InChI is InChI=1S/C21H32N4O3/c1-15(2)6-9-23-12-13-25-17(14-22-18(25)19(23)26)16-7-10-24(11-8-16)20(27)28-21(3,4)5/h7,14-15H,6,8-13H2,1-5H3. The second-order valence-electron chi connectivity index (χ2n) is 9.00. The summed E-state index contributed by atoms with van der Waals surface area (Å²) in [6.07, 6.45) is 5.30. The van der Waals surface area contributed by atoms with Crippen molar-refractivity contribution in [1.82, 2.24) is 19.4 Å². The van der Waals surface area contributed by atoms with E-state index in [0.717, 1.165) is 43.7 Å². The SMILES string of the molecule is CC(C)CCN1CCn2c(C3=CCN(C(=O)OC(C)(C)C)CC3)cnc2C1=O. The normalized spacial score (nSPS) is 17.6. The van der Waals surface area contributed by atoms with E-state index in [4.69, 9.17) is 4.74 Å². The second-order valence-corrected chi connectivity index (χ2v) is 9.00. The van der Waals surface area contributed by atoms with Gasteiger partial charge in [0, 0.05) is 32.7 Å². The Labute approximate surface area is 167 Å². The molecule has 0 spiro atoms. The molecule has 0 aromatic carbocycles. The smallest absolute Gasteiger partial charge is 0.410 e. The minimum Gasteiger partial charge on any atom is -0.444 e. The molecule has 28 heavy (non-hydrogen) atoms. The quantitative estimate of drug-likeness (QED) is 0.793. The van der Waals surface area contributed by atoms with Gasteiger partial charge in [0.25, 0.3) is 5.91 Å². The van der Waals surface area contributed by atoms with Gasteiger partial charge in [0.05, 0.1) is 11.9 Å². The summed E-state index contributed by atoms with van der Waals surface area (Å²) in [5.41, 5.74) is 1.64. The third-order valence-corrected chi connectivity index (χ3v) is 5.09. The van der Waals surface area contributed by atoms with Gasteiger partial charge < -0.3 is 19.1 Å². The monoisotopic (exact) mass is 388 g/mol. The zero-order valence-corrected chi connectivity index (χ0v) is 17.7. The van der Waals surface area contributed by atoms with E-state index in [1.54, 1.807) is 11.1 Å². The van der Waals surface area contributed by atoms with Crippen LogP contribution in [0.25, 0.3) is 5.57 Å². The van der Waals surface area contributed by atoms with Crippen LogP contribution in [-0.2, 0) is 11.3 Å². The molecule has 0 saturated carbocycles. The van der Waals surface area contributed by atoms with Crippen molar-refractivity contribution in [2.75, 3.05) is 26.2 Å². The molecule has 7 heteroatoms. The van der Waals surface area contributed by atoms with Crippen LogP contribution < -0.4 is 0 Å². The third kappa shape index (κ3) is 4.56. The highest BCUT2D eigenvalue weighted by atomic mass is 16.6. The van der Waals surface area contributed by atoms with Crippen molar-refractivity contribution in [1.29, 1.82) is 0 Å². The van der Waals surface area contributed by atoms with Crippen molar-refractivity contribution >= 4 is 17.6 Å². The molecule has 0 saturated heterocycles. The lowest BCUT2D eigenvalue weighted by Crippen LogP contribution is -2.42. The van der Waals surface area contributed by atoms with E-state index in [0.29, 0.717) is 24.8 Å². The van der Waals surface area contributed by atoms with E-state index in [1.807, 2.05) is 36.3 Å². The maximum atomic E-state index is 12.8. The van der Waals surface area contributed by atoms with Gasteiger partial charge in [-0.2, -0.15) is 0 Å². The summed E-state index contributed by atoms with van der Waals surface area (Å²) in [7, 11) is 0. The lowest BCUT2D eigenvalue weighted by molar-refractivity contribution is 0.0270. The topological polar surface area (TPSA) is 67.7 Å². The van der Waals surface area contributed by atoms with Gasteiger partial charge >= 0.3 is 6.09 Å². The Hall–Kier alpha value is -2.31. The first-order chi connectivity index (χ1) is 13.2. The Bertz CT molecular complexity index is 773. The van der Waals surface area contributed by atoms with Crippen LogP contribution in [0.2, 0.25) is 0 Å². The first-order valence-corrected chi connectivity index (χ1v) is 10.2. The Morgan fingerprint density at radius 1 is 1.25 bits per heavy atom. The first-order valence-electron chi connectivity index (χ1n) is 10.2. The Morgan fingerprint density at radius 2 is 2.00 bits per heavy atom. The Balaban J connectivity index is 1.68. The number of hydrogen-bond acceptors (Lipinski definition) is 4. The first kappa shape index (κ1) is 20.4. The van der Waals surface area contributed by atoms with Gasteiger partial charge in [-0.3, -0.25) is 4.79 Å². The lowest BCUT2D eigenvalue weighted by atomic mass is 10.1. The summed E-state index contributed by atoms with van der Waals surface area (Å²) < 4.78 is 7.48. The number of nitrogens with zero attached hydrogens (tertiary/aromatic N) is 4. The maximum absolute atomic E-state index is 12.8. The number of aromatic nitrogens is 2. The average molecular weight is 389 g/mol. The number of hydrogen-bond donors (Lipinski definition) is 0. The minimum absolute atomic E-state index is 0.0185. The zero-order chi connectivity index (χ0) is 20.5. The van der Waals surface area contributed by atoms with Crippen molar-refractivity contribution in [2.45, 2.75) is 59.6 Å². The molecule has 2 aliphatic heterocycles. The van der Waals surface area contributed by atoms with Crippen LogP contribution in [0.5, 0.6) is 0 Å². The molecule has 2 aliphatic rings. The molecule has 3 heterocycles. The second kappa shape index (κ2) is 7.97. The number of carbonyl (C=O) groups excluding carboxylic acids is 2. The molecule has 0 aliphatic carbocycles. The van der Waals surface area contributed by atoms with E-state index in [-0.39, 0.29) is 12.0 Å². The molecular formula is C21H32N4O3. The largest absolute Gasteiger partial charge is 0.444 e. The molecule has 0 radical (unpaired) electrons. The van der Waals surface area contributed by atoms with Gasteiger partial charge in [0.15, 0.2) is 5.82 Å². The Morgan fingerprint density at radius 3 is 2.61 bits per heavy atom. The van der Waals surface area contributed by atoms with Crippen LogP contribution in [0.15, 0.2) is 12.3 Å². The average Bonchev–Trinajstić information content (AvgIpc) is 3.04. The van der Waals surface area contributed by atoms with Gasteiger partial charge in [-0.25, -0.2) is 9.78 Å². The third-order valence-electron chi connectivity index (χ3n) is 5.09. The van der Waals surface area contributed by atoms with Gasteiger partial charge in [0.2, 0.25) is 0 Å². The van der Waals surface area contributed by atoms with Crippen LogP contribution in [0.4, 0.5) is 4.79 Å². The van der Waals surface area contributed by atoms with Crippen molar-refractivity contribution < 1.29 is 14.3 Å². The predicted octanol–water partition coefficient (Wildman–Crippen LogP) is 3.41. The van der Waals surface area contributed by atoms with Crippen molar-refractivity contribution in [3.63, 3.8) is 0 Å². The predicted molar refractivity (Wildman–Crippen MR) is 108 cm³/mol. The maximum Gasteiger partial charge on any atom is 0.410 e. The fourth-order valence-electron chi connectivity index (χ4n) is 3.51. The van der Waals surface area contributed by atoms with Crippen LogP contribution in [0, 0.1) is 5.92 Å². The van der Waals surface area contributed by atoms with Gasteiger partial charge in [-0.15, -0.1) is 0 Å². The molecule has 7 nitrogen and oxygen atoms in total. The minimum atomic E-state index is -0.493. The summed E-state index contributed by atoms with van der Waals surface area (Å²) >= 11 is 0. The number of rotatable bonds is 4. The number of carbonyl (C=O) groups is 2. The van der Waals surface area contributed by atoms with Crippen molar-refractivity contribution in [3.8, 4) is 0 Å². The number of fused-ring (bicyclic) bond motifs is 1. The van der Waals surface area contributed by atoms with Crippen LogP contribution in [0.3, 0.4) is 0 Å². The van der Waals surface area contributed by atoms with Crippen LogP contribution in [-0.4, -0.2) is 63.1 Å². The molecule has 0 bridgehead atoms. The fourth-order valence-corrected chi connectivity index (χ4v) is 3.51. The molecule has 3 rings (SSSR count). The molecule has 2 amide bonds. The molecule has 0 fully saturated rings. The number of ether oxygens (including phenoxy) is 1. The van der Waals surface area contributed by atoms with E-state index in [9.17, 15) is 9.59 Å². The highest BCUT2D eigenvalue weighted by molar-refractivity contribution is 5.92. The highest BCUT2D eigenvalue weighted by Crippen LogP contribution is 2.26. The molecule has 1 aromatic heterocycles. The van der Waals surface area contributed by atoms with Gasteiger partial charge in [-0.1, -0.05) is 19.9 Å². The van der Waals surface area contributed by atoms with E-state index >= 15 is 0 Å². The molecule has 1 aromatic rings. The van der Waals surface area contributed by atoms with E-state index in [1.165, 1.54) is 0 Å². The van der Waals surface area contributed by atoms with Crippen molar-refractivity contribution in [3.05, 3.63) is 23.8 Å². The summed E-state index contributed by atoms with van der Waals surface area (Å²) in [6.45, 7) is 13.3. The molecular weight excluding hydrogens is 356 g/mol. The Kier molecular flexibility index (Phi) is 5.82. The summed E-state index contributed by atoms with van der Waals surface area (Å²) in [5.74, 6) is 1.12. The molecule has 154 valence electrons. The van der Waals surface area contributed by atoms with Gasteiger partial charge in [0.1, 0.15) is 5.60 Å². The number of imidazole rings is 1. The lowest BCUT2D eigenvalue weighted by Gasteiger charge is -2.31. The van der Waals surface area contributed by atoms with Gasteiger partial charge in [-0.05, 0) is 45.1 Å². The number of amides is 2.